The van der Waals surface area contributed by atoms with Crippen molar-refractivity contribution in [1.82, 2.24) is 9.97 Å². The molecule has 2 aromatic rings. The normalized spacial score (nSPS) is 11.4. The molecule has 5 nitrogen and oxygen atoms in total. The van der Waals surface area contributed by atoms with E-state index in [4.69, 9.17) is 22.1 Å². The highest BCUT2D eigenvalue weighted by Crippen LogP contribution is 2.25. The number of halogens is 1. The SMILES string of the molecule is CC(C)(O)c1ccc(Oc2cc(Cl)nc(N)n2)cc1. The Labute approximate surface area is 116 Å². The second-order valence-corrected chi connectivity index (χ2v) is 4.96. The van der Waals surface area contributed by atoms with Gasteiger partial charge < -0.3 is 15.6 Å². The van der Waals surface area contributed by atoms with Crippen molar-refractivity contribution in [2.24, 2.45) is 0 Å². The van der Waals surface area contributed by atoms with Crippen LogP contribution in [0.4, 0.5) is 5.95 Å². The van der Waals surface area contributed by atoms with Crippen LogP contribution in [0.5, 0.6) is 11.6 Å². The van der Waals surface area contributed by atoms with E-state index < -0.39 is 5.60 Å². The molecule has 0 aliphatic carbocycles. The lowest BCUT2D eigenvalue weighted by molar-refractivity contribution is 0.0786. The molecule has 1 heterocycles. The first kappa shape index (κ1) is 13.6. The number of aliphatic hydroxyl groups is 1. The molecule has 0 atom stereocenters. The third-order valence-corrected chi connectivity index (χ3v) is 2.67. The summed E-state index contributed by atoms with van der Waals surface area (Å²) in [5.74, 6) is 0.895. The van der Waals surface area contributed by atoms with E-state index in [2.05, 4.69) is 9.97 Å². The maximum absolute atomic E-state index is 9.85. The molecule has 2 rings (SSSR count). The third kappa shape index (κ3) is 3.56. The fourth-order valence-electron chi connectivity index (χ4n) is 1.52. The molecule has 0 saturated carbocycles. The zero-order valence-corrected chi connectivity index (χ0v) is 11.3. The summed E-state index contributed by atoms with van der Waals surface area (Å²) in [5.41, 5.74) is 5.38. The van der Waals surface area contributed by atoms with Gasteiger partial charge >= 0.3 is 0 Å². The Bertz CT molecular complexity index is 559. The first-order chi connectivity index (χ1) is 8.84. The zero-order chi connectivity index (χ0) is 14.0. The highest BCUT2D eigenvalue weighted by Gasteiger charge is 2.15. The van der Waals surface area contributed by atoms with Crippen LogP contribution in [0.25, 0.3) is 0 Å². The van der Waals surface area contributed by atoms with Crippen LogP contribution in [0.3, 0.4) is 0 Å². The van der Waals surface area contributed by atoms with Crippen LogP contribution in [-0.4, -0.2) is 15.1 Å². The first-order valence-electron chi connectivity index (χ1n) is 5.65. The molecule has 3 N–H and O–H groups in total. The Hall–Kier alpha value is -1.85. The van der Waals surface area contributed by atoms with E-state index in [-0.39, 0.29) is 17.0 Å². The molecule has 6 heteroatoms. The lowest BCUT2D eigenvalue weighted by Crippen LogP contribution is -2.14. The van der Waals surface area contributed by atoms with Gasteiger partial charge in [-0.25, -0.2) is 4.98 Å². The van der Waals surface area contributed by atoms with Crippen LogP contribution in [0, 0.1) is 0 Å². The largest absolute Gasteiger partial charge is 0.439 e. The van der Waals surface area contributed by atoms with Crippen molar-refractivity contribution in [2.75, 3.05) is 5.73 Å². The number of hydrogen-bond donors (Lipinski definition) is 2. The summed E-state index contributed by atoms with van der Waals surface area (Å²) in [6.45, 7) is 3.43. The topological polar surface area (TPSA) is 81.3 Å². The van der Waals surface area contributed by atoms with Gasteiger partial charge in [0.2, 0.25) is 11.8 Å². The average Bonchev–Trinajstić information content (AvgIpc) is 2.26. The van der Waals surface area contributed by atoms with Crippen molar-refractivity contribution in [1.29, 1.82) is 0 Å². The van der Waals surface area contributed by atoms with E-state index in [1.54, 1.807) is 38.1 Å². The summed E-state index contributed by atoms with van der Waals surface area (Å²) in [7, 11) is 0. The van der Waals surface area contributed by atoms with E-state index in [0.717, 1.165) is 5.56 Å². The molecule has 0 radical (unpaired) electrons. The van der Waals surface area contributed by atoms with Crippen molar-refractivity contribution in [3.05, 3.63) is 41.0 Å². The van der Waals surface area contributed by atoms with Gasteiger partial charge in [0.15, 0.2) is 0 Å². The van der Waals surface area contributed by atoms with Gasteiger partial charge in [-0.3, -0.25) is 0 Å². The van der Waals surface area contributed by atoms with Gasteiger partial charge in [-0.15, -0.1) is 0 Å². The predicted molar refractivity (Wildman–Crippen MR) is 73.2 cm³/mol. The number of benzene rings is 1. The average molecular weight is 280 g/mol. The highest BCUT2D eigenvalue weighted by molar-refractivity contribution is 6.29. The monoisotopic (exact) mass is 279 g/mol. The minimum Gasteiger partial charge on any atom is -0.439 e. The Morgan fingerprint density at radius 3 is 2.37 bits per heavy atom. The molecule has 0 bridgehead atoms. The number of aromatic nitrogens is 2. The molecule has 0 fully saturated rings. The zero-order valence-electron chi connectivity index (χ0n) is 10.6. The van der Waals surface area contributed by atoms with E-state index in [1.807, 2.05) is 0 Å². The van der Waals surface area contributed by atoms with Gasteiger partial charge in [0.25, 0.3) is 0 Å². The summed E-state index contributed by atoms with van der Waals surface area (Å²) in [6.07, 6.45) is 0. The fourth-order valence-corrected chi connectivity index (χ4v) is 1.70. The van der Waals surface area contributed by atoms with Crippen LogP contribution in [0.1, 0.15) is 19.4 Å². The van der Waals surface area contributed by atoms with E-state index >= 15 is 0 Å². The summed E-state index contributed by atoms with van der Waals surface area (Å²) in [5, 5.41) is 10.1. The Morgan fingerprint density at radius 1 is 1.21 bits per heavy atom. The highest BCUT2D eigenvalue weighted by atomic mass is 35.5. The number of nitrogen functional groups attached to an aromatic ring is 1. The molecule has 0 spiro atoms. The molecule has 0 aliphatic heterocycles. The van der Waals surface area contributed by atoms with Crippen LogP contribution in [0.15, 0.2) is 30.3 Å². The van der Waals surface area contributed by atoms with Gasteiger partial charge in [0.1, 0.15) is 10.9 Å². The Balaban J connectivity index is 2.20. The Morgan fingerprint density at radius 2 is 1.84 bits per heavy atom. The van der Waals surface area contributed by atoms with Gasteiger partial charge in [0.05, 0.1) is 5.60 Å². The number of anilines is 1. The standard InChI is InChI=1S/C13H14ClN3O2/c1-13(2,18)8-3-5-9(6-4-8)19-11-7-10(14)16-12(15)17-11/h3-7,18H,1-2H3,(H2,15,16,17). The third-order valence-electron chi connectivity index (χ3n) is 2.47. The van der Waals surface area contributed by atoms with Crippen molar-refractivity contribution in [2.45, 2.75) is 19.4 Å². The lowest BCUT2D eigenvalue weighted by atomic mass is 9.99. The summed E-state index contributed by atoms with van der Waals surface area (Å²) < 4.78 is 5.51. The molecule has 100 valence electrons. The van der Waals surface area contributed by atoms with Crippen LogP contribution in [0.2, 0.25) is 5.15 Å². The molecule has 0 unspecified atom stereocenters. The molecule has 19 heavy (non-hydrogen) atoms. The molecule has 0 aliphatic rings. The number of ether oxygens (including phenoxy) is 1. The van der Waals surface area contributed by atoms with Gasteiger partial charge in [-0.05, 0) is 31.5 Å². The first-order valence-corrected chi connectivity index (χ1v) is 6.03. The van der Waals surface area contributed by atoms with Crippen molar-refractivity contribution in [3.63, 3.8) is 0 Å². The molecule has 0 amide bonds. The minimum absolute atomic E-state index is 0.0515. The fraction of sp³-hybridized carbons (Fsp3) is 0.231. The maximum Gasteiger partial charge on any atom is 0.225 e. The number of hydrogen-bond acceptors (Lipinski definition) is 5. The van der Waals surface area contributed by atoms with Crippen LogP contribution in [-0.2, 0) is 5.60 Å². The minimum atomic E-state index is -0.888. The van der Waals surface area contributed by atoms with E-state index in [9.17, 15) is 5.11 Å². The van der Waals surface area contributed by atoms with Gasteiger partial charge in [0, 0.05) is 6.07 Å². The second-order valence-electron chi connectivity index (χ2n) is 4.57. The summed E-state index contributed by atoms with van der Waals surface area (Å²) in [4.78, 5) is 7.65. The molecular formula is C13H14ClN3O2. The molecule has 1 aromatic heterocycles. The Kier molecular flexibility index (Phi) is 3.59. The predicted octanol–water partition coefficient (Wildman–Crippen LogP) is 2.73. The van der Waals surface area contributed by atoms with Crippen LogP contribution < -0.4 is 10.5 Å². The molecular weight excluding hydrogens is 266 g/mol. The van der Waals surface area contributed by atoms with Gasteiger partial charge in [-0.2, -0.15) is 4.98 Å². The summed E-state index contributed by atoms with van der Waals surface area (Å²) in [6, 6.07) is 8.50. The van der Waals surface area contributed by atoms with Crippen LogP contribution >= 0.6 is 11.6 Å². The van der Waals surface area contributed by atoms with Crippen molar-refractivity contribution in [3.8, 4) is 11.6 Å². The molecule has 1 aromatic carbocycles. The quantitative estimate of drug-likeness (QED) is 0.844. The maximum atomic E-state index is 9.85. The van der Waals surface area contributed by atoms with Gasteiger partial charge in [-0.1, -0.05) is 23.7 Å². The second kappa shape index (κ2) is 5.03. The van der Waals surface area contributed by atoms with E-state index in [1.165, 1.54) is 6.07 Å². The van der Waals surface area contributed by atoms with Crippen molar-refractivity contribution < 1.29 is 9.84 Å². The summed E-state index contributed by atoms with van der Waals surface area (Å²) >= 11 is 5.76. The number of rotatable bonds is 3. The number of nitrogens with zero attached hydrogens (tertiary/aromatic N) is 2. The smallest absolute Gasteiger partial charge is 0.225 e. The molecule has 0 saturated heterocycles. The number of nitrogens with two attached hydrogens (primary N) is 1. The lowest BCUT2D eigenvalue weighted by Gasteiger charge is -2.17. The van der Waals surface area contributed by atoms with Crippen molar-refractivity contribution >= 4 is 17.5 Å². The van der Waals surface area contributed by atoms with E-state index in [0.29, 0.717) is 5.75 Å².